The van der Waals surface area contributed by atoms with E-state index in [2.05, 4.69) is 16.0 Å². The number of carbonyl (C=O) groups excluding carboxylic acids is 2. The number of hydrogen-bond acceptors (Lipinski definition) is 3. The quantitative estimate of drug-likeness (QED) is 0.615. The normalized spacial score (nSPS) is 16.4. The molecular weight excluding hydrogens is 411 g/mol. The second kappa shape index (κ2) is 9.11. The van der Waals surface area contributed by atoms with Crippen molar-refractivity contribution >= 4 is 17.6 Å². The number of allylic oxidation sites excluding steroid dienone is 1. The fraction of sp³-hybridized carbons (Fsp3) is 0.273. The van der Waals surface area contributed by atoms with E-state index < -0.39 is 29.7 Å². The van der Waals surface area contributed by atoms with Crippen LogP contribution in [0.5, 0.6) is 5.75 Å². The van der Waals surface area contributed by atoms with Crippen LogP contribution in [-0.2, 0) is 11.0 Å². The molecule has 0 saturated heterocycles. The van der Waals surface area contributed by atoms with Crippen molar-refractivity contribution in [3.63, 3.8) is 0 Å². The molecule has 9 heteroatoms. The van der Waals surface area contributed by atoms with E-state index in [0.29, 0.717) is 23.6 Å². The molecule has 3 amide bonds. The van der Waals surface area contributed by atoms with E-state index in [0.717, 1.165) is 18.6 Å². The molecular formula is C22H22F3N3O3. The van der Waals surface area contributed by atoms with Gasteiger partial charge in [-0.25, -0.2) is 4.79 Å². The van der Waals surface area contributed by atoms with E-state index >= 15 is 0 Å². The third-order valence-corrected chi connectivity index (χ3v) is 4.65. The molecule has 1 heterocycles. The lowest BCUT2D eigenvalue weighted by atomic mass is 9.94. The molecule has 2 aromatic carbocycles. The average Bonchev–Trinajstić information content (AvgIpc) is 2.71. The predicted octanol–water partition coefficient (Wildman–Crippen LogP) is 4.76. The van der Waals surface area contributed by atoms with Gasteiger partial charge in [0.05, 0.1) is 23.8 Å². The smallest absolute Gasteiger partial charge is 0.416 e. The summed E-state index contributed by atoms with van der Waals surface area (Å²) in [6.07, 6.45) is -3.76. The van der Waals surface area contributed by atoms with Crippen LogP contribution in [0.25, 0.3) is 0 Å². The van der Waals surface area contributed by atoms with Crippen LogP contribution in [0.15, 0.2) is 59.8 Å². The number of halogens is 3. The molecule has 31 heavy (non-hydrogen) atoms. The van der Waals surface area contributed by atoms with E-state index in [1.807, 2.05) is 6.92 Å². The maximum Gasteiger partial charge on any atom is 0.416 e. The third-order valence-electron chi connectivity index (χ3n) is 4.65. The standard InChI is InChI=1S/C22H22F3N3O3/c1-3-11-31-17-10-5-4-9-16(17)19-18(13(2)26-21(30)28-19)20(29)27-15-8-6-7-14(12-15)22(23,24)25/h4-10,12,19H,3,11H2,1-2H3,(H,27,29)(H2,26,28,30)/t19-/m1/s1. The number of para-hydroxylation sites is 1. The first kappa shape index (κ1) is 22.2. The molecule has 3 rings (SSSR count). The first-order valence-electron chi connectivity index (χ1n) is 9.69. The number of amides is 3. The van der Waals surface area contributed by atoms with Gasteiger partial charge in [0.25, 0.3) is 5.91 Å². The second-order valence-electron chi connectivity index (χ2n) is 6.99. The van der Waals surface area contributed by atoms with E-state index in [4.69, 9.17) is 4.74 Å². The molecule has 164 valence electrons. The zero-order chi connectivity index (χ0) is 22.6. The van der Waals surface area contributed by atoms with Gasteiger partial charge in [0.15, 0.2) is 0 Å². The van der Waals surface area contributed by atoms with Crippen LogP contribution in [0.1, 0.15) is 37.4 Å². The zero-order valence-corrected chi connectivity index (χ0v) is 17.0. The maximum absolute atomic E-state index is 13.1. The number of benzene rings is 2. The molecule has 0 fully saturated rings. The van der Waals surface area contributed by atoms with Crippen LogP contribution >= 0.6 is 0 Å². The number of hydrogen-bond donors (Lipinski definition) is 3. The minimum absolute atomic E-state index is 0.00806. The third kappa shape index (κ3) is 5.17. The highest BCUT2D eigenvalue weighted by atomic mass is 19.4. The van der Waals surface area contributed by atoms with E-state index in [-0.39, 0.29) is 11.3 Å². The van der Waals surface area contributed by atoms with Crippen molar-refractivity contribution in [3.05, 3.63) is 70.9 Å². The zero-order valence-electron chi connectivity index (χ0n) is 17.0. The lowest BCUT2D eigenvalue weighted by molar-refractivity contribution is -0.137. The fourth-order valence-electron chi connectivity index (χ4n) is 3.26. The van der Waals surface area contributed by atoms with E-state index in [1.54, 1.807) is 31.2 Å². The Labute approximate surface area is 177 Å². The first-order chi connectivity index (χ1) is 14.7. The largest absolute Gasteiger partial charge is 0.493 e. The Kier molecular flexibility index (Phi) is 6.53. The van der Waals surface area contributed by atoms with Gasteiger partial charge in [-0.3, -0.25) is 4.79 Å². The van der Waals surface area contributed by atoms with Gasteiger partial charge in [-0.1, -0.05) is 31.2 Å². The van der Waals surface area contributed by atoms with Crippen LogP contribution in [-0.4, -0.2) is 18.5 Å². The Morgan fingerprint density at radius 2 is 1.90 bits per heavy atom. The van der Waals surface area contributed by atoms with Gasteiger partial charge in [-0.2, -0.15) is 13.2 Å². The highest BCUT2D eigenvalue weighted by Crippen LogP contribution is 2.34. The molecule has 0 bridgehead atoms. The first-order valence-corrected chi connectivity index (χ1v) is 9.69. The predicted molar refractivity (Wildman–Crippen MR) is 109 cm³/mol. The molecule has 2 aromatic rings. The summed E-state index contributed by atoms with van der Waals surface area (Å²) in [4.78, 5) is 25.2. The lowest BCUT2D eigenvalue weighted by Gasteiger charge is -2.29. The number of nitrogens with one attached hydrogen (secondary N) is 3. The number of ether oxygens (including phenoxy) is 1. The molecule has 6 nitrogen and oxygen atoms in total. The molecule has 0 aliphatic carbocycles. The van der Waals surface area contributed by atoms with Crippen LogP contribution in [0.2, 0.25) is 0 Å². The molecule has 0 saturated carbocycles. The van der Waals surface area contributed by atoms with Gasteiger partial charge in [0, 0.05) is 16.9 Å². The number of alkyl halides is 3. The highest BCUT2D eigenvalue weighted by Gasteiger charge is 2.34. The molecule has 0 spiro atoms. The Hall–Kier alpha value is -3.49. The fourth-order valence-corrected chi connectivity index (χ4v) is 3.26. The van der Waals surface area contributed by atoms with Gasteiger partial charge in [0.2, 0.25) is 0 Å². The van der Waals surface area contributed by atoms with Crippen molar-refractivity contribution < 1.29 is 27.5 Å². The molecule has 0 aromatic heterocycles. The summed E-state index contributed by atoms with van der Waals surface area (Å²) < 4.78 is 44.8. The SMILES string of the molecule is CCCOc1ccccc1[C@H]1NC(=O)NC(C)=C1C(=O)Nc1cccc(C(F)(F)F)c1. The van der Waals surface area contributed by atoms with Gasteiger partial charge >= 0.3 is 12.2 Å². The summed E-state index contributed by atoms with van der Waals surface area (Å²) in [6, 6.07) is 10.0. The lowest BCUT2D eigenvalue weighted by Crippen LogP contribution is -2.46. The van der Waals surface area contributed by atoms with Crippen LogP contribution in [0.4, 0.5) is 23.7 Å². The van der Waals surface area contributed by atoms with Crippen LogP contribution in [0, 0.1) is 0 Å². The Morgan fingerprint density at radius 1 is 1.16 bits per heavy atom. The van der Waals surface area contributed by atoms with Gasteiger partial charge in [-0.15, -0.1) is 0 Å². The van der Waals surface area contributed by atoms with Crippen molar-refractivity contribution in [2.24, 2.45) is 0 Å². The van der Waals surface area contributed by atoms with Gasteiger partial charge in [-0.05, 0) is 37.6 Å². The van der Waals surface area contributed by atoms with Gasteiger partial charge < -0.3 is 20.7 Å². The van der Waals surface area contributed by atoms with Crippen molar-refractivity contribution in [1.29, 1.82) is 0 Å². The molecule has 0 unspecified atom stereocenters. The molecule has 0 radical (unpaired) electrons. The van der Waals surface area contributed by atoms with Gasteiger partial charge in [0.1, 0.15) is 5.75 Å². The Bertz CT molecular complexity index is 1020. The van der Waals surface area contributed by atoms with Crippen molar-refractivity contribution in [2.75, 3.05) is 11.9 Å². The number of carbonyl (C=O) groups is 2. The van der Waals surface area contributed by atoms with Crippen LogP contribution < -0.4 is 20.7 Å². The minimum atomic E-state index is -4.53. The summed E-state index contributed by atoms with van der Waals surface area (Å²) in [6.45, 7) is 3.96. The summed E-state index contributed by atoms with van der Waals surface area (Å²) in [5.41, 5.74) is 0.152. The van der Waals surface area contributed by atoms with E-state index in [1.165, 1.54) is 12.1 Å². The highest BCUT2D eigenvalue weighted by molar-refractivity contribution is 6.06. The topological polar surface area (TPSA) is 79.5 Å². The monoisotopic (exact) mass is 433 g/mol. The molecule has 1 aliphatic heterocycles. The summed E-state index contributed by atoms with van der Waals surface area (Å²) >= 11 is 0. The molecule has 1 aliphatic rings. The molecule has 3 N–H and O–H groups in total. The second-order valence-corrected chi connectivity index (χ2v) is 6.99. The van der Waals surface area contributed by atoms with Crippen molar-refractivity contribution in [2.45, 2.75) is 32.5 Å². The average molecular weight is 433 g/mol. The summed E-state index contributed by atoms with van der Waals surface area (Å²) in [7, 11) is 0. The van der Waals surface area contributed by atoms with Crippen molar-refractivity contribution in [3.8, 4) is 5.75 Å². The molecule has 1 atom stereocenters. The number of rotatable bonds is 6. The maximum atomic E-state index is 13.1. The van der Waals surface area contributed by atoms with E-state index in [9.17, 15) is 22.8 Å². The minimum Gasteiger partial charge on any atom is -0.493 e. The Morgan fingerprint density at radius 3 is 2.61 bits per heavy atom. The van der Waals surface area contributed by atoms with Crippen LogP contribution in [0.3, 0.4) is 0 Å². The van der Waals surface area contributed by atoms with Crippen molar-refractivity contribution in [1.82, 2.24) is 10.6 Å². The summed E-state index contributed by atoms with van der Waals surface area (Å²) in [5, 5.41) is 7.75. The summed E-state index contributed by atoms with van der Waals surface area (Å²) in [5.74, 6) is -0.131. The number of urea groups is 1. The Balaban J connectivity index is 1.95. The number of anilines is 1.